The summed E-state index contributed by atoms with van der Waals surface area (Å²) in [6.45, 7) is 3.75. The molecule has 0 radical (unpaired) electrons. The molecule has 0 saturated heterocycles. The van der Waals surface area contributed by atoms with Crippen LogP contribution < -0.4 is 5.73 Å². The first kappa shape index (κ1) is 10.8. The van der Waals surface area contributed by atoms with Gasteiger partial charge in [0.15, 0.2) is 0 Å². The molecule has 0 heterocycles. The average Bonchev–Trinajstić information content (AvgIpc) is 1.84. The van der Waals surface area contributed by atoms with Gasteiger partial charge in [0.25, 0.3) is 0 Å². The van der Waals surface area contributed by atoms with Crippen LogP contribution in [0.4, 0.5) is 0 Å². The highest BCUT2D eigenvalue weighted by Crippen LogP contribution is 2.12. The minimum Gasteiger partial charge on any atom is -0.480 e. The van der Waals surface area contributed by atoms with E-state index in [0.717, 1.165) is 6.42 Å². The molecule has 3 atom stereocenters. The third kappa shape index (κ3) is 4.27. The number of rotatable bonds is 4. The molecule has 2 unspecified atom stereocenters. The van der Waals surface area contributed by atoms with Crippen LogP contribution in [-0.2, 0) is 4.79 Å². The maximum absolute atomic E-state index is 10.4. The van der Waals surface area contributed by atoms with E-state index in [0.29, 0.717) is 0 Å². The molecule has 3 nitrogen and oxygen atoms in total. The molecule has 3 N–H and O–H groups in total. The minimum absolute atomic E-state index is 0.0139. The third-order valence-corrected chi connectivity index (χ3v) is 1.82. The summed E-state index contributed by atoms with van der Waals surface area (Å²) in [5.74, 6) is -0.952. The second-order valence-electron chi connectivity index (χ2n) is 2.93. The van der Waals surface area contributed by atoms with E-state index in [1.807, 2.05) is 13.8 Å². The summed E-state index contributed by atoms with van der Waals surface area (Å²) in [7, 11) is 0. The van der Waals surface area contributed by atoms with Crippen molar-refractivity contribution in [3.8, 4) is 0 Å². The van der Waals surface area contributed by atoms with Gasteiger partial charge in [0, 0.05) is 0 Å². The summed E-state index contributed by atoms with van der Waals surface area (Å²) in [5.41, 5.74) is 5.37. The van der Waals surface area contributed by atoms with E-state index in [-0.39, 0.29) is 11.2 Å². The quantitative estimate of drug-likeness (QED) is 0.555. The van der Waals surface area contributed by atoms with E-state index in [1.165, 1.54) is 0 Å². The molecule has 0 bridgehead atoms. The predicted octanol–water partition coefficient (Wildman–Crippen LogP) is 0.743. The van der Waals surface area contributed by atoms with Gasteiger partial charge in [-0.3, -0.25) is 4.79 Å². The fraction of sp³-hybridized carbons (Fsp3) is 0.857. The van der Waals surface area contributed by atoms with Crippen molar-refractivity contribution < 1.29 is 9.90 Å². The number of aliphatic carboxylic acids is 1. The molecular formula is C7H15NO2S. The topological polar surface area (TPSA) is 63.3 Å². The van der Waals surface area contributed by atoms with Crippen molar-refractivity contribution in [3.05, 3.63) is 0 Å². The molecule has 0 aromatic heterocycles. The SMILES string of the molecule is CC(C[C@@H](C)S)C(N)C(=O)O. The van der Waals surface area contributed by atoms with Crippen LogP contribution >= 0.6 is 12.6 Å². The molecule has 66 valence electrons. The summed E-state index contributed by atoms with van der Waals surface area (Å²) in [5, 5.41) is 8.72. The van der Waals surface area contributed by atoms with Crippen molar-refractivity contribution in [1.29, 1.82) is 0 Å². The molecule has 0 aromatic rings. The van der Waals surface area contributed by atoms with Crippen molar-refractivity contribution in [2.45, 2.75) is 31.6 Å². The van der Waals surface area contributed by atoms with Crippen molar-refractivity contribution in [2.24, 2.45) is 11.7 Å². The second-order valence-corrected chi connectivity index (χ2v) is 3.81. The maximum atomic E-state index is 10.4. The molecule has 0 aliphatic rings. The molecule has 0 fully saturated rings. The maximum Gasteiger partial charge on any atom is 0.320 e. The van der Waals surface area contributed by atoms with Crippen LogP contribution in [0.5, 0.6) is 0 Å². The molecule has 0 rings (SSSR count). The first-order valence-electron chi connectivity index (χ1n) is 3.61. The largest absolute Gasteiger partial charge is 0.480 e. The lowest BCUT2D eigenvalue weighted by molar-refractivity contribution is -0.139. The molecule has 0 aromatic carbocycles. The van der Waals surface area contributed by atoms with Crippen LogP contribution in [-0.4, -0.2) is 22.4 Å². The molecule has 0 aliphatic heterocycles. The van der Waals surface area contributed by atoms with Gasteiger partial charge in [-0.25, -0.2) is 0 Å². The van der Waals surface area contributed by atoms with Crippen molar-refractivity contribution in [2.75, 3.05) is 0 Å². The number of hydrogen-bond donors (Lipinski definition) is 3. The molecule has 11 heavy (non-hydrogen) atoms. The van der Waals surface area contributed by atoms with Crippen molar-refractivity contribution >= 4 is 18.6 Å². The van der Waals surface area contributed by atoms with E-state index in [4.69, 9.17) is 10.8 Å². The normalized spacial score (nSPS) is 18.9. The lowest BCUT2D eigenvalue weighted by Crippen LogP contribution is -2.37. The minimum atomic E-state index is -0.938. The van der Waals surface area contributed by atoms with Crippen molar-refractivity contribution in [3.63, 3.8) is 0 Å². The third-order valence-electron chi connectivity index (χ3n) is 1.61. The van der Waals surface area contributed by atoms with Crippen LogP contribution in [0.3, 0.4) is 0 Å². The second kappa shape index (κ2) is 4.62. The van der Waals surface area contributed by atoms with E-state index in [2.05, 4.69) is 12.6 Å². The van der Waals surface area contributed by atoms with Gasteiger partial charge in [-0.15, -0.1) is 0 Å². The van der Waals surface area contributed by atoms with Gasteiger partial charge in [-0.1, -0.05) is 13.8 Å². The Morgan fingerprint density at radius 1 is 1.64 bits per heavy atom. The fourth-order valence-electron chi connectivity index (χ4n) is 0.928. The number of nitrogens with two attached hydrogens (primary N) is 1. The zero-order valence-corrected chi connectivity index (χ0v) is 7.71. The lowest BCUT2D eigenvalue weighted by Gasteiger charge is -2.16. The summed E-state index contributed by atoms with van der Waals surface area (Å²) in [4.78, 5) is 10.4. The molecule has 4 heteroatoms. The smallest absolute Gasteiger partial charge is 0.320 e. The number of carboxylic acid groups (broad SMARTS) is 1. The van der Waals surface area contributed by atoms with Gasteiger partial charge in [0.1, 0.15) is 6.04 Å². The monoisotopic (exact) mass is 177 g/mol. The van der Waals surface area contributed by atoms with Crippen LogP contribution in [0.25, 0.3) is 0 Å². The molecule has 0 aliphatic carbocycles. The van der Waals surface area contributed by atoms with Crippen molar-refractivity contribution in [1.82, 2.24) is 0 Å². The Kier molecular flexibility index (Phi) is 4.52. The van der Waals surface area contributed by atoms with Gasteiger partial charge < -0.3 is 10.8 Å². The number of carbonyl (C=O) groups is 1. The lowest BCUT2D eigenvalue weighted by atomic mass is 9.98. The zero-order valence-electron chi connectivity index (χ0n) is 6.82. The number of thiol groups is 1. The van der Waals surface area contributed by atoms with Crippen LogP contribution in [0.1, 0.15) is 20.3 Å². The van der Waals surface area contributed by atoms with Gasteiger partial charge in [0.2, 0.25) is 0 Å². The summed E-state index contributed by atoms with van der Waals surface area (Å²) < 4.78 is 0. The Bertz CT molecular complexity index is 138. The summed E-state index contributed by atoms with van der Waals surface area (Å²) in [6, 6.07) is -0.760. The molecule has 0 saturated carbocycles. The van der Waals surface area contributed by atoms with Gasteiger partial charge >= 0.3 is 5.97 Å². The Labute approximate surface area is 72.4 Å². The number of carboxylic acids is 1. The molecule has 0 spiro atoms. The van der Waals surface area contributed by atoms with Crippen LogP contribution in [0.2, 0.25) is 0 Å². The Morgan fingerprint density at radius 2 is 2.09 bits per heavy atom. The summed E-state index contributed by atoms with van der Waals surface area (Å²) >= 11 is 4.15. The van der Waals surface area contributed by atoms with Gasteiger partial charge in [0.05, 0.1) is 0 Å². The fourth-order valence-corrected chi connectivity index (χ4v) is 1.26. The van der Waals surface area contributed by atoms with E-state index >= 15 is 0 Å². The Hall–Kier alpha value is -0.220. The summed E-state index contributed by atoms with van der Waals surface area (Å²) in [6.07, 6.45) is 0.733. The predicted molar refractivity (Wildman–Crippen MR) is 47.8 cm³/mol. The Balaban J connectivity index is 3.82. The zero-order chi connectivity index (χ0) is 9.02. The van der Waals surface area contributed by atoms with Crippen LogP contribution in [0.15, 0.2) is 0 Å². The number of hydrogen-bond acceptors (Lipinski definition) is 3. The standard InChI is InChI=1S/C7H15NO2S/c1-4(3-5(2)11)6(8)7(9)10/h4-6,11H,3,8H2,1-2H3,(H,9,10)/t4?,5-,6?/m1/s1. The van der Waals surface area contributed by atoms with Gasteiger partial charge in [-0.2, -0.15) is 12.6 Å². The molecule has 0 amide bonds. The van der Waals surface area contributed by atoms with Gasteiger partial charge in [-0.05, 0) is 17.6 Å². The van der Waals surface area contributed by atoms with E-state index in [9.17, 15) is 4.79 Å². The molecular weight excluding hydrogens is 162 g/mol. The van der Waals surface area contributed by atoms with Crippen LogP contribution in [0, 0.1) is 5.92 Å². The highest BCUT2D eigenvalue weighted by atomic mass is 32.1. The first-order valence-corrected chi connectivity index (χ1v) is 4.13. The highest BCUT2D eigenvalue weighted by Gasteiger charge is 2.20. The highest BCUT2D eigenvalue weighted by molar-refractivity contribution is 7.80. The Morgan fingerprint density at radius 3 is 2.36 bits per heavy atom. The van der Waals surface area contributed by atoms with E-state index in [1.54, 1.807) is 0 Å². The van der Waals surface area contributed by atoms with E-state index < -0.39 is 12.0 Å². The first-order chi connectivity index (χ1) is 4.95. The average molecular weight is 177 g/mol.